The summed E-state index contributed by atoms with van der Waals surface area (Å²) in [6.07, 6.45) is 0. The van der Waals surface area contributed by atoms with E-state index in [1.165, 1.54) is 13.0 Å². The average molecular weight is 345 g/mol. The molecule has 0 spiro atoms. The van der Waals surface area contributed by atoms with Crippen molar-refractivity contribution in [3.8, 4) is 0 Å². The summed E-state index contributed by atoms with van der Waals surface area (Å²) in [7, 11) is 0. The average Bonchev–Trinajstić information content (AvgIpc) is 2.59. The van der Waals surface area contributed by atoms with Gasteiger partial charge < -0.3 is 20.4 Å². The summed E-state index contributed by atoms with van der Waals surface area (Å²) in [4.78, 5) is 49.6. The first kappa shape index (κ1) is 18.2. The Morgan fingerprint density at radius 3 is 2.68 bits per heavy atom. The van der Waals surface area contributed by atoms with Gasteiger partial charge in [0.15, 0.2) is 6.61 Å². The number of amides is 2. The minimum atomic E-state index is -0.830. The van der Waals surface area contributed by atoms with Crippen LogP contribution in [-0.2, 0) is 14.3 Å². The van der Waals surface area contributed by atoms with Crippen LogP contribution in [-0.4, -0.2) is 42.0 Å². The summed E-state index contributed by atoms with van der Waals surface area (Å²) in [6.45, 7) is 3.17. The van der Waals surface area contributed by atoms with Crippen molar-refractivity contribution in [3.63, 3.8) is 0 Å². The third-order valence-electron chi connectivity index (χ3n) is 3.43. The van der Waals surface area contributed by atoms with Crippen molar-refractivity contribution < 1.29 is 19.1 Å². The van der Waals surface area contributed by atoms with Gasteiger partial charge in [0.05, 0.1) is 0 Å². The first-order valence-corrected chi connectivity index (χ1v) is 7.78. The van der Waals surface area contributed by atoms with Crippen molar-refractivity contribution in [1.29, 1.82) is 0 Å². The second-order valence-electron chi connectivity index (χ2n) is 5.36. The maximum atomic E-state index is 12.0. The number of hydrogen-bond donors (Lipinski definition) is 3. The molecule has 0 aliphatic carbocycles. The second kappa shape index (κ2) is 8.09. The van der Waals surface area contributed by atoms with Crippen molar-refractivity contribution in [3.05, 3.63) is 46.4 Å². The van der Waals surface area contributed by atoms with Gasteiger partial charge in [-0.2, -0.15) is 0 Å². The van der Waals surface area contributed by atoms with E-state index in [2.05, 4.69) is 15.6 Å². The van der Waals surface area contributed by atoms with Crippen LogP contribution in [0.3, 0.4) is 0 Å². The number of nitrogens with one attached hydrogen (secondary N) is 3. The van der Waals surface area contributed by atoms with Crippen LogP contribution in [0.15, 0.2) is 35.1 Å². The molecule has 0 bridgehead atoms. The van der Waals surface area contributed by atoms with E-state index in [1.807, 2.05) is 0 Å². The Bertz CT molecular complexity index is 859. The number of hydrogen-bond acceptors (Lipinski definition) is 5. The lowest BCUT2D eigenvalue weighted by atomic mass is 10.1. The molecular weight excluding hydrogens is 326 g/mol. The zero-order valence-electron chi connectivity index (χ0n) is 13.9. The van der Waals surface area contributed by atoms with E-state index in [1.54, 1.807) is 31.2 Å². The number of esters is 1. The molecule has 1 aromatic carbocycles. The van der Waals surface area contributed by atoms with Crippen LogP contribution in [0.5, 0.6) is 0 Å². The van der Waals surface area contributed by atoms with Gasteiger partial charge in [-0.25, -0.2) is 4.79 Å². The van der Waals surface area contributed by atoms with Crippen LogP contribution in [0, 0.1) is 0 Å². The molecule has 132 valence electrons. The minimum Gasteiger partial charge on any atom is -0.451 e. The fourth-order valence-corrected chi connectivity index (χ4v) is 2.21. The smallest absolute Gasteiger partial charge is 0.355 e. The van der Waals surface area contributed by atoms with E-state index < -0.39 is 30.1 Å². The number of ether oxygens (including phenoxy) is 1. The number of aromatic amines is 1. The summed E-state index contributed by atoms with van der Waals surface area (Å²) < 4.78 is 4.88. The SMILES string of the molecule is CCNC(=O)[C@@H](C)NC(=O)COC(=O)c1cc2ccccc2c(=O)[nH]1. The Hall–Kier alpha value is -3.16. The molecule has 0 radical (unpaired) electrons. The fourth-order valence-electron chi connectivity index (χ4n) is 2.21. The highest BCUT2D eigenvalue weighted by Crippen LogP contribution is 2.10. The normalized spacial score (nSPS) is 11.6. The first-order valence-electron chi connectivity index (χ1n) is 7.78. The van der Waals surface area contributed by atoms with Gasteiger partial charge >= 0.3 is 5.97 Å². The first-order chi connectivity index (χ1) is 11.9. The summed E-state index contributed by atoms with van der Waals surface area (Å²) in [5.74, 6) is -1.78. The molecule has 25 heavy (non-hydrogen) atoms. The Labute approximate surface area is 143 Å². The summed E-state index contributed by atoms with van der Waals surface area (Å²) in [5, 5.41) is 6.02. The molecule has 3 N–H and O–H groups in total. The highest BCUT2D eigenvalue weighted by molar-refractivity contribution is 5.94. The standard InChI is InChI=1S/C17H19N3O5/c1-3-18-15(22)10(2)19-14(21)9-25-17(24)13-8-11-6-4-5-7-12(11)16(23)20-13/h4-8,10H,3,9H2,1-2H3,(H,18,22)(H,19,21)(H,20,23)/t10-/m1/s1. The molecule has 1 aromatic heterocycles. The minimum absolute atomic E-state index is 0.0479. The number of carbonyl (C=O) groups excluding carboxylic acids is 3. The van der Waals surface area contributed by atoms with Gasteiger partial charge in [-0.3, -0.25) is 14.4 Å². The van der Waals surface area contributed by atoms with Crippen LogP contribution in [0.1, 0.15) is 24.3 Å². The number of H-pyrrole nitrogens is 1. The monoisotopic (exact) mass is 345 g/mol. The van der Waals surface area contributed by atoms with E-state index in [-0.39, 0.29) is 11.6 Å². The molecule has 0 aliphatic rings. The number of carbonyl (C=O) groups is 3. The highest BCUT2D eigenvalue weighted by Gasteiger charge is 2.17. The lowest BCUT2D eigenvalue weighted by Gasteiger charge is -2.13. The molecule has 2 amide bonds. The molecule has 2 aromatic rings. The Morgan fingerprint density at radius 2 is 1.96 bits per heavy atom. The Kier molecular flexibility index (Phi) is 5.89. The molecule has 1 atom stereocenters. The number of benzene rings is 1. The highest BCUT2D eigenvalue weighted by atomic mass is 16.5. The number of aromatic nitrogens is 1. The quantitative estimate of drug-likeness (QED) is 0.652. The van der Waals surface area contributed by atoms with Gasteiger partial charge in [-0.1, -0.05) is 18.2 Å². The van der Waals surface area contributed by atoms with E-state index in [9.17, 15) is 19.2 Å². The zero-order chi connectivity index (χ0) is 18.4. The van der Waals surface area contributed by atoms with Crippen molar-refractivity contribution in [1.82, 2.24) is 15.6 Å². The Balaban J connectivity index is 1.97. The van der Waals surface area contributed by atoms with Crippen molar-refractivity contribution in [2.45, 2.75) is 19.9 Å². The van der Waals surface area contributed by atoms with Gasteiger partial charge in [-0.15, -0.1) is 0 Å². The molecule has 0 unspecified atom stereocenters. The van der Waals surface area contributed by atoms with Crippen molar-refractivity contribution in [2.75, 3.05) is 13.2 Å². The number of fused-ring (bicyclic) bond motifs is 1. The van der Waals surface area contributed by atoms with Gasteiger partial charge in [0.25, 0.3) is 11.5 Å². The maximum absolute atomic E-state index is 12.0. The number of likely N-dealkylation sites (N-methyl/N-ethyl adjacent to an activating group) is 1. The summed E-state index contributed by atoms with van der Waals surface area (Å²) >= 11 is 0. The van der Waals surface area contributed by atoms with Crippen LogP contribution in [0.2, 0.25) is 0 Å². The molecule has 0 saturated carbocycles. The van der Waals surface area contributed by atoms with Crippen molar-refractivity contribution in [2.24, 2.45) is 0 Å². The molecular formula is C17H19N3O5. The molecule has 0 fully saturated rings. The van der Waals surface area contributed by atoms with E-state index in [0.29, 0.717) is 17.3 Å². The van der Waals surface area contributed by atoms with Gasteiger partial charge in [0.2, 0.25) is 5.91 Å². The topological polar surface area (TPSA) is 117 Å². The molecule has 0 saturated heterocycles. The van der Waals surface area contributed by atoms with E-state index in [0.717, 1.165) is 0 Å². The number of pyridine rings is 1. The zero-order valence-corrected chi connectivity index (χ0v) is 13.9. The van der Waals surface area contributed by atoms with Crippen LogP contribution in [0.25, 0.3) is 10.8 Å². The van der Waals surface area contributed by atoms with Crippen LogP contribution < -0.4 is 16.2 Å². The molecule has 0 aliphatic heterocycles. The number of rotatable bonds is 6. The van der Waals surface area contributed by atoms with Crippen molar-refractivity contribution >= 4 is 28.6 Å². The molecule has 8 nitrogen and oxygen atoms in total. The lowest BCUT2D eigenvalue weighted by molar-refractivity contribution is -0.130. The third kappa shape index (κ3) is 4.66. The van der Waals surface area contributed by atoms with E-state index >= 15 is 0 Å². The fraction of sp³-hybridized carbons (Fsp3) is 0.294. The molecule has 8 heteroatoms. The molecule has 1 heterocycles. The van der Waals surface area contributed by atoms with Gasteiger partial charge in [0, 0.05) is 11.9 Å². The summed E-state index contributed by atoms with van der Waals surface area (Å²) in [6, 6.07) is 7.53. The predicted molar refractivity (Wildman–Crippen MR) is 91.1 cm³/mol. The molecule has 2 rings (SSSR count). The third-order valence-corrected chi connectivity index (χ3v) is 3.43. The largest absolute Gasteiger partial charge is 0.451 e. The predicted octanol–water partition coefficient (Wildman–Crippen LogP) is 0.326. The Morgan fingerprint density at radius 1 is 1.24 bits per heavy atom. The van der Waals surface area contributed by atoms with Crippen LogP contribution >= 0.6 is 0 Å². The van der Waals surface area contributed by atoms with Crippen LogP contribution in [0.4, 0.5) is 0 Å². The maximum Gasteiger partial charge on any atom is 0.355 e. The second-order valence-corrected chi connectivity index (χ2v) is 5.36. The van der Waals surface area contributed by atoms with E-state index in [4.69, 9.17) is 4.74 Å². The summed E-state index contributed by atoms with van der Waals surface area (Å²) in [5.41, 5.74) is -0.465. The van der Waals surface area contributed by atoms with Gasteiger partial charge in [0.1, 0.15) is 11.7 Å². The lowest BCUT2D eigenvalue weighted by Crippen LogP contribution is -2.46. The van der Waals surface area contributed by atoms with Gasteiger partial charge in [-0.05, 0) is 31.4 Å².